The number of rotatable bonds is 2. The van der Waals surface area contributed by atoms with Crippen LogP contribution in [0.2, 0.25) is 0 Å². The Morgan fingerprint density at radius 3 is 2.33 bits per heavy atom. The van der Waals surface area contributed by atoms with Gasteiger partial charge in [-0.05, 0) is 40.5 Å². The molecule has 1 fully saturated rings. The number of aromatic amines is 1. The second-order valence-electron chi connectivity index (χ2n) is 6.90. The van der Waals surface area contributed by atoms with E-state index in [0.29, 0.717) is 5.82 Å². The van der Waals surface area contributed by atoms with E-state index in [1.165, 1.54) is 6.20 Å². The van der Waals surface area contributed by atoms with E-state index in [-0.39, 0.29) is 17.1 Å². The number of carbonyl (C=O) groups is 2. The maximum Gasteiger partial charge on any atom is 0.314 e. The molecule has 1 aliphatic rings. The lowest BCUT2D eigenvalue weighted by Crippen LogP contribution is -2.62. The smallest absolute Gasteiger partial charge is 0.314 e. The number of aromatic nitrogens is 2. The molecular weight excluding hydrogens is 270 g/mol. The fourth-order valence-corrected chi connectivity index (χ4v) is 3.18. The van der Waals surface area contributed by atoms with Gasteiger partial charge in [0.1, 0.15) is 5.82 Å². The van der Waals surface area contributed by atoms with E-state index in [1.54, 1.807) is 6.07 Å². The molecule has 0 aromatic carbocycles. The van der Waals surface area contributed by atoms with Crippen LogP contribution in [0.3, 0.4) is 0 Å². The van der Waals surface area contributed by atoms with Crippen molar-refractivity contribution in [2.75, 3.05) is 5.32 Å². The second kappa shape index (κ2) is 5.48. The molecule has 0 aliphatic carbocycles. The number of anilines is 1. The molecule has 0 spiro atoms. The standard InChI is InChI=1S/C14H23N5O2/c1-13(2)7-9(8-14(3,4)19-13)16-11(20)12(21)17-10-5-6-15-18-10/h5-6,9,19H,7-8H2,1-4H3,(H,16,20)(H2,15,17,18,21). The highest BCUT2D eigenvalue weighted by molar-refractivity contribution is 6.39. The summed E-state index contributed by atoms with van der Waals surface area (Å²) in [5.41, 5.74) is -0.168. The van der Waals surface area contributed by atoms with Gasteiger partial charge in [-0.3, -0.25) is 14.7 Å². The van der Waals surface area contributed by atoms with Gasteiger partial charge < -0.3 is 16.0 Å². The van der Waals surface area contributed by atoms with E-state index in [1.807, 2.05) is 0 Å². The van der Waals surface area contributed by atoms with Gasteiger partial charge >= 0.3 is 11.8 Å². The van der Waals surface area contributed by atoms with Crippen LogP contribution >= 0.6 is 0 Å². The molecule has 4 N–H and O–H groups in total. The topological polar surface area (TPSA) is 98.9 Å². The van der Waals surface area contributed by atoms with Crippen LogP contribution in [0.25, 0.3) is 0 Å². The first kappa shape index (κ1) is 15.5. The third-order valence-electron chi connectivity index (χ3n) is 3.48. The fourth-order valence-electron chi connectivity index (χ4n) is 3.18. The third-order valence-corrected chi connectivity index (χ3v) is 3.48. The van der Waals surface area contributed by atoms with Gasteiger partial charge in [-0.1, -0.05) is 0 Å². The maximum absolute atomic E-state index is 12.0. The number of piperidine rings is 1. The first-order valence-electron chi connectivity index (χ1n) is 7.07. The predicted octanol–water partition coefficient (Wildman–Crippen LogP) is 0.774. The summed E-state index contributed by atoms with van der Waals surface area (Å²) in [4.78, 5) is 23.8. The summed E-state index contributed by atoms with van der Waals surface area (Å²) >= 11 is 0. The lowest BCUT2D eigenvalue weighted by Gasteiger charge is -2.46. The second-order valence-corrected chi connectivity index (χ2v) is 6.90. The van der Waals surface area contributed by atoms with E-state index >= 15 is 0 Å². The molecule has 7 nitrogen and oxygen atoms in total. The van der Waals surface area contributed by atoms with E-state index < -0.39 is 11.8 Å². The largest absolute Gasteiger partial charge is 0.345 e. The molecule has 0 saturated carbocycles. The van der Waals surface area contributed by atoms with E-state index in [0.717, 1.165) is 12.8 Å². The van der Waals surface area contributed by atoms with Crippen LogP contribution in [0, 0.1) is 0 Å². The van der Waals surface area contributed by atoms with Gasteiger partial charge in [-0.2, -0.15) is 5.10 Å². The number of carbonyl (C=O) groups excluding carboxylic acids is 2. The molecule has 116 valence electrons. The summed E-state index contributed by atoms with van der Waals surface area (Å²) in [5, 5.41) is 15.1. The number of amides is 2. The normalized spacial score (nSPS) is 20.8. The number of hydrogen-bond donors (Lipinski definition) is 4. The van der Waals surface area contributed by atoms with Crippen molar-refractivity contribution in [2.45, 2.75) is 57.7 Å². The van der Waals surface area contributed by atoms with Crippen molar-refractivity contribution >= 4 is 17.6 Å². The van der Waals surface area contributed by atoms with Crippen molar-refractivity contribution in [3.05, 3.63) is 12.3 Å². The summed E-state index contributed by atoms with van der Waals surface area (Å²) in [6, 6.07) is 1.55. The first-order valence-corrected chi connectivity index (χ1v) is 7.07. The van der Waals surface area contributed by atoms with Crippen LogP contribution in [0.15, 0.2) is 12.3 Å². The molecule has 1 aliphatic heterocycles. The van der Waals surface area contributed by atoms with Crippen molar-refractivity contribution in [3.8, 4) is 0 Å². The molecule has 7 heteroatoms. The van der Waals surface area contributed by atoms with Gasteiger partial charge in [-0.25, -0.2) is 0 Å². The van der Waals surface area contributed by atoms with Gasteiger partial charge in [0, 0.05) is 23.2 Å². The highest BCUT2D eigenvalue weighted by atomic mass is 16.2. The monoisotopic (exact) mass is 293 g/mol. The van der Waals surface area contributed by atoms with E-state index in [4.69, 9.17) is 0 Å². The average Bonchev–Trinajstić information content (AvgIpc) is 2.76. The molecule has 0 unspecified atom stereocenters. The Bertz CT molecular complexity index is 505. The Hall–Kier alpha value is -1.89. The summed E-state index contributed by atoms with van der Waals surface area (Å²) in [5.74, 6) is -0.905. The molecule has 2 amide bonds. The highest BCUT2D eigenvalue weighted by Gasteiger charge is 2.38. The zero-order chi connectivity index (χ0) is 15.7. The summed E-state index contributed by atoms with van der Waals surface area (Å²) in [6.45, 7) is 8.38. The minimum Gasteiger partial charge on any atom is -0.345 e. The molecule has 21 heavy (non-hydrogen) atoms. The Balaban J connectivity index is 1.94. The van der Waals surface area contributed by atoms with Gasteiger partial charge in [0.2, 0.25) is 0 Å². The van der Waals surface area contributed by atoms with Crippen molar-refractivity contribution in [1.82, 2.24) is 20.8 Å². The predicted molar refractivity (Wildman–Crippen MR) is 79.7 cm³/mol. The Labute approximate surface area is 124 Å². The molecule has 0 bridgehead atoms. The maximum atomic E-state index is 12.0. The van der Waals surface area contributed by atoms with Gasteiger partial charge in [0.25, 0.3) is 0 Å². The highest BCUT2D eigenvalue weighted by Crippen LogP contribution is 2.28. The van der Waals surface area contributed by atoms with Crippen LogP contribution in [0.1, 0.15) is 40.5 Å². The number of H-pyrrole nitrogens is 1. The van der Waals surface area contributed by atoms with Crippen molar-refractivity contribution in [3.63, 3.8) is 0 Å². The summed E-state index contributed by atoms with van der Waals surface area (Å²) in [7, 11) is 0. The van der Waals surface area contributed by atoms with Crippen LogP contribution in [-0.4, -0.2) is 39.1 Å². The van der Waals surface area contributed by atoms with Gasteiger partial charge in [0.15, 0.2) is 0 Å². The molecule has 2 rings (SSSR count). The molecule has 2 heterocycles. The van der Waals surface area contributed by atoms with E-state index in [9.17, 15) is 9.59 Å². The quantitative estimate of drug-likeness (QED) is 0.605. The average molecular weight is 293 g/mol. The Morgan fingerprint density at radius 1 is 1.19 bits per heavy atom. The molecule has 1 saturated heterocycles. The number of nitrogens with zero attached hydrogens (tertiary/aromatic N) is 1. The summed E-state index contributed by atoms with van der Waals surface area (Å²) < 4.78 is 0. The molecular formula is C14H23N5O2. The Morgan fingerprint density at radius 2 is 1.81 bits per heavy atom. The van der Waals surface area contributed by atoms with Crippen LogP contribution in [0.5, 0.6) is 0 Å². The molecule has 0 radical (unpaired) electrons. The fraction of sp³-hybridized carbons (Fsp3) is 0.643. The number of nitrogens with one attached hydrogen (secondary N) is 4. The number of hydrogen-bond acceptors (Lipinski definition) is 4. The minimum absolute atomic E-state index is 0.0312. The van der Waals surface area contributed by atoms with Crippen LogP contribution in [0.4, 0.5) is 5.82 Å². The summed E-state index contributed by atoms with van der Waals surface area (Å²) in [6.07, 6.45) is 3.06. The third kappa shape index (κ3) is 4.29. The van der Waals surface area contributed by atoms with Crippen molar-refractivity contribution in [1.29, 1.82) is 0 Å². The Kier molecular flexibility index (Phi) is 4.04. The van der Waals surface area contributed by atoms with Gasteiger partial charge in [0.05, 0.1) is 6.20 Å². The van der Waals surface area contributed by atoms with Crippen molar-refractivity contribution in [2.24, 2.45) is 0 Å². The molecule has 0 atom stereocenters. The first-order chi connectivity index (χ1) is 9.67. The lowest BCUT2D eigenvalue weighted by atomic mass is 9.79. The zero-order valence-corrected chi connectivity index (χ0v) is 12.9. The SMILES string of the molecule is CC1(C)CC(NC(=O)C(=O)Nc2ccn[nH]2)CC(C)(C)N1. The van der Waals surface area contributed by atoms with Gasteiger partial charge in [-0.15, -0.1) is 0 Å². The molecule has 1 aromatic rings. The molecule has 1 aromatic heterocycles. The van der Waals surface area contributed by atoms with Crippen LogP contribution in [-0.2, 0) is 9.59 Å². The van der Waals surface area contributed by atoms with Crippen LogP contribution < -0.4 is 16.0 Å². The van der Waals surface area contributed by atoms with E-state index in [2.05, 4.69) is 53.8 Å². The minimum atomic E-state index is -0.687. The van der Waals surface area contributed by atoms with Crippen molar-refractivity contribution < 1.29 is 9.59 Å². The lowest BCUT2D eigenvalue weighted by molar-refractivity contribution is -0.137. The zero-order valence-electron chi connectivity index (χ0n) is 12.9.